The van der Waals surface area contributed by atoms with Gasteiger partial charge in [0.25, 0.3) is 11.8 Å². The summed E-state index contributed by atoms with van der Waals surface area (Å²) in [4.78, 5) is 23.2. The minimum Gasteiger partial charge on any atom is -0.272 e. The molecule has 0 saturated heterocycles. The summed E-state index contributed by atoms with van der Waals surface area (Å²) in [7, 11) is 0. The largest absolute Gasteiger partial charge is 0.272 e. The molecule has 4 heteroatoms. The van der Waals surface area contributed by atoms with E-state index < -0.39 is 0 Å². The van der Waals surface area contributed by atoms with E-state index in [0.717, 1.165) is 0 Å². The minimum atomic E-state index is -0.220. The second-order valence-corrected chi connectivity index (χ2v) is 3.03. The Balaban J connectivity index is 2.73. The molecule has 0 aliphatic carbocycles. The summed E-state index contributed by atoms with van der Waals surface area (Å²) in [6.45, 7) is 1.82. The third-order valence-electron chi connectivity index (χ3n) is 1.51. The first-order chi connectivity index (χ1) is 5.16. The summed E-state index contributed by atoms with van der Waals surface area (Å²) in [5.74, 6) is -0.441. The van der Waals surface area contributed by atoms with Gasteiger partial charge in [-0.25, -0.2) is 0 Å². The van der Waals surface area contributed by atoms with Crippen molar-refractivity contribution in [1.29, 1.82) is 0 Å². The van der Waals surface area contributed by atoms with Crippen molar-refractivity contribution >= 4 is 27.7 Å². The van der Waals surface area contributed by atoms with Gasteiger partial charge in [0.05, 0.1) is 0 Å². The lowest BCUT2D eigenvalue weighted by atomic mass is 10.3. The molecular formula is C7H8BrNO2. The van der Waals surface area contributed by atoms with Crippen molar-refractivity contribution in [2.24, 2.45) is 0 Å². The van der Waals surface area contributed by atoms with E-state index in [1.54, 1.807) is 0 Å². The highest BCUT2D eigenvalue weighted by atomic mass is 79.9. The zero-order valence-corrected chi connectivity index (χ0v) is 7.67. The molecule has 11 heavy (non-hydrogen) atoms. The van der Waals surface area contributed by atoms with Gasteiger partial charge >= 0.3 is 0 Å². The Morgan fingerprint density at radius 1 is 1.45 bits per heavy atom. The van der Waals surface area contributed by atoms with Gasteiger partial charge in [0.15, 0.2) is 0 Å². The maximum Gasteiger partial charge on any atom is 0.253 e. The highest BCUT2D eigenvalue weighted by Gasteiger charge is 2.27. The van der Waals surface area contributed by atoms with Gasteiger partial charge in [0, 0.05) is 23.5 Å². The molecule has 0 aromatic carbocycles. The minimum absolute atomic E-state index is 0.0648. The molecule has 0 aromatic heterocycles. The summed E-state index contributed by atoms with van der Waals surface area (Å²) in [5, 5.41) is 0.617. The van der Waals surface area contributed by atoms with Crippen LogP contribution in [-0.4, -0.2) is 28.1 Å². The number of amides is 2. The van der Waals surface area contributed by atoms with Crippen molar-refractivity contribution in [1.82, 2.24) is 4.90 Å². The van der Waals surface area contributed by atoms with E-state index in [2.05, 4.69) is 15.9 Å². The Hall–Kier alpha value is -0.640. The van der Waals surface area contributed by atoms with Gasteiger partial charge in [-0.2, -0.15) is 0 Å². The molecule has 1 rings (SSSR count). The standard InChI is InChI=1S/C7H8BrNO2/c1-5(4-8)9-6(10)2-3-7(9)11/h2-3,5H,4H2,1H3. The van der Waals surface area contributed by atoms with Gasteiger partial charge in [-0.1, -0.05) is 15.9 Å². The zero-order chi connectivity index (χ0) is 8.43. The van der Waals surface area contributed by atoms with Crippen molar-refractivity contribution in [3.63, 3.8) is 0 Å². The maximum absolute atomic E-state index is 11.0. The number of halogens is 1. The molecule has 0 saturated carbocycles. The third-order valence-corrected chi connectivity index (χ3v) is 2.44. The molecule has 3 nitrogen and oxygen atoms in total. The van der Waals surface area contributed by atoms with Gasteiger partial charge in [-0.3, -0.25) is 14.5 Å². The average Bonchev–Trinajstić information content (AvgIpc) is 2.30. The van der Waals surface area contributed by atoms with Crippen LogP contribution in [0.4, 0.5) is 0 Å². The van der Waals surface area contributed by atoms with Gasteiger partial charge in [0.2, 0.25) is 0 Å². The van der Waals surface area contributed by atoms with Crippen LogP contribution in [0.1, 0.15) is 6.92 Å². The molecule has 60 valence electrons. The number of imide groups is 1. The number of alkyl halides is 1. The van der Waals surface area contributed by atoms with E-state index in [-0.39, 0.29) is 17.9 Å². The topological polar surface area (TPSA) is 37.4 Å². The van der Waals surface area contributed by atoms with Gasteiger partial charge < -0.3 is 0 Å². The lowest BCUT2D eigenvalue weighted by molar-refractivity contribution is -0.138. The first-order valence-corrected chi connectivity index (χ1v) is 4.40. The van der Waals surface area contributed by atoms with Gasteiger partial charge in [0.1, 0.15) is 0 Å². The summed E-state index contributed by atoms with van der Waals surface area (Å²) in [5.41, 5.74) is 0. The second kappa shape index (κ2) is 3.17. The van der Waals surface area contributed by atoms with E-state index in [4.69, 9.17) is 0 Å². The van der Waals surface area contributed by atoms with Crippen LogP contribution in [0.5, 0.6) is 0 Å². The second-order valence-electron chi connectivity index (χ2n) is 2.38. The van der Waals surface area contributed by atoms with E-state index in [1.165, 1.54) is 17.1 Å². The van der Waals surface area contributed by atoms with Crippen molar-refractivity contribution in [2.45, 2.75) is 13.0 Å². The zero-order valence-electron chi connectivity index (χ0n) is 6.08. The molecule has 0 spiro atoms. The van der Waals surface area contributed by atoms with Crippen LogP contribution in [0.3, 0.4) is 0 Å². The van der Waals surface area contributed by atoms with Crippen LogP contribution in [0.25, 0.3) is 0 Å². The monoisotopic (exact) mass is 217 g/mol. The number of carbonyl (C=O) groups excluding carboxylic acids is 2. The molecule has 0 N–H and O–H groups in total. The molecule has 0 fully saturated rings. The summed E-state index contributed by atoms with van der Waals surface area (Å²) >= 11 is 3.21. The molecule has 1 atom stereocenters. The Bertz CT molecular complexity index is 206. The normalized spacial score (nSPS) is 19.6. The van der Waals surface area contributed by atoms with Crippen molar-refractivity contribution in [3.05, 3.63) is 12.2 Å². The summed E-state index contributed by atoms with van der Waals surface area (Å²) in [6, 6.07) is -0.0648. The van der Waals surface area contributed by atoms with Crippen LogP contribution in [0, 0.1) is 0 Å². The van der Waals surface area contributed by atoms with Crippen LogP contribution < -0.4 is 0 Å². The first kappa shape index (κ1) is 8.46. The van der Waals surface area contributed by atoms with Crippen LogP contribution in [0.15, 0.2) is 12.2 Å². The van der Waals surface area contributed by atoms with E-state index in [9.17, 15) is 9.59 Å². The van der Waals surface area contributed by atoms with E-state index in [1.807, 2.05) is 6.92 Å². The fourth-order valence-corrected chi connectivity index (χ4v) is 1.20. The quantitative estimate of drug-likeness (QED) is 0.505. The Morgan fingerprint density at radius 3 is 2.27 bits per heavy atom. The summed E-state index contributed by atoms with van der Waals surface area (Å²) < 4.78 is 0. The fourth-order valence-electron chi connectivity index (χ4n) is 0.915. The van der Waals surface area contributed by atoms with Crippen molar-refractivity contribution in [3.8, 4) is 0 Å². The SMILES string of the molecule is CC(CBr)N1C(=O)C=CC1=O. The maximum atomic E-state index is 11.0. The lowest BCUT2D eigenvalue weighted by Crippen LogP contribution is -2.38. The predicted octanol–water partition coefficient (Wildman–Crippen LogP) is 0.695. The van der Waals surface area contributed by atoms with Crippen LogP contribution in [0.2, 0.25) is 0 Å². The smallest absolute Gasteiger partial charge is 0.253 e. The molecule has 1 aliphatic heterocycles. The fraction of sp³-hybridized carbons (Fsp3) is 0.429. The average molecular weight is 218 g/mol. The molecule has 0 radical (unpaired) electrons. The third kappa shape index (κ3) is 1.50. The number of hydrogen-bond donors (Lipinski definition) is 0. The van der Waals surface area contributed by atoms with E-state index in [0.29, 0.717) is 5.33 Å². The Labute approximate surface area is 73.2 Å². The highest BCUT2D eigenvalue weighted by molar-refractivity contribution is 9.09. The molecule has 2 amide bonds. The Morgan fingerprint density at radius 2 is 1.91 bits per heavy atom. The number of rotatable bonds is 2. The lowest BCUT2D eigenvalue weighted by Gasteiger charge is -2.19. The van der Waals surface area contributed by atoms with Gasteiger partial charge in [-0.15, -0.1) is 0 Å². The van der Waals surface area contributed by atoms with Crippen LogP contribution in [-0.2, 0) is 9.59 Å². The number of carbonyl (C=O) groups is 2. The molecule has 1 heterocycles. The first-order valence-electron chi connectivity index (χ1n) is 3.28. The van der Waals surface area contributed by atoms with E-state index >= 15 is 0 Å². The predicted molar refractivity (Wildman–Crippen MR) is 44.2 cm³/mol. The molecule has 1 unspecified atom stereocenters. The number of hydrogen-bond acceptors (Lipinski definition) is 2. The van der Waals surface area contributed by atoms with Crippen molar-refractivity contribution in [2.75, 3.05) is 5.33 Å². The molecule has 1 aliphatic rings. The summed E-state index contributed by atoms with van der Waals surface area (Å²) in [6.07, 6.45) is 2.59. The van der Waals surface area contributed by atoms with Crippen LogP contribution >= 0.6 is 15.9 Å². The molecular weight excluding hydrogens is 210 g/mol. The van der Waals surface area contributed by atoms with Gasteiger partial charge in [-0.05, 0) is 6.92 Å². The molecule has 0 bridgehead atoms. The van der Waals surface area contributed by atoms with Crippen molar-refractivity contribution < 1.29 is 9.59 Å². The number of nitrogens with zero attached hydrogens (tertiary/aromatic N) is 1. The Kier molecular flexibility index (Phi) is 2.44. The molecule has 0 aromatic rings. The highest BCUT2D eigenvalue weighted by Crippen LogP contribution is 2.10.